The summed E-state index contributed by atoms with van der Waals surface area (Å²) in [5.41, 5.74) is 0.966. The van der Waals surface area contributed by atoms with E-state index in [1.54, 1.807) is 12.3 Å². The lowest BCUT2D eigenvalue weighted by molar-refractivity contribution is -0.147. The summed E-state index contributed by atoms with van der Waals surface area (Å²) in [7, 11) is 0. The minimum Gasteiger partial charge on any atom is -0.453 e. The van der Waals surface area contributed by atoms with E-state index in [-0.39, 0.29) is 35.7 Å². The highest BCUT2D eigenvalue weighted by atomic mass is 16.5. The van der Waals surface area contributed by atoms with Gasteiger partial charge in [0.2, 0.25) is 0 Å². The molecule has 6 nitrogen and oxygen atoms in total. The first-order chi connectivity index (χ1) is 14.4. The van der Waals surface area contributed by atoms with Gasteiger partial charge in [0.25, 0.3) is 0 Å². The Bertz CT molecular complexity index is 793. The van der Waals surface area contributed by atoms with Crippen molar-refractivity contribution in [2.75, 3.05) is 24.6 Å². The van der Waals surface area contributed by atoms with Gasteiger partial charge in [0.05, 0.1) is 12.2 Å². The molecule has 30 heavy (non-hydrogen) atoms. The van der Waals surface area contributed by atoms with Crippen LogP contribution >= 0.6 is 0 Å². The molecule has 5 aliphatic rings. The van der Waals surface area contributed by atoms with E-state index in [0.29, 0.717) is 17.8 Å². The van der Waals surface area contributed by atoms with Gasteiger partial charge in [-0.25, -0.2) is 9.78 Å². The summed E-state index contributed by atoms with van der Waals surface area (Å²) in [6.07, 6.45) is 8.78. The van der Waals surface area contributed by atoms with Crippen LogP contribution in [0.4, 0.5) is 5.69 Å². The van der Waals surface area contributed by atoms with Crippen molar-refractivity contribution in [1.82, 2.24) is 4.98 Å². The Morgan fingerprint density at radius 3 is 2.30 bits per heavy atom. The van der Waals surface area contributed by atoms with Gasteiger partial charge in [0.15, 0.2) is 12.4 Å². The molecule has 5 fully saturated rings. The zero-order valence-corrected chi connectivity index (χ0v) is 18.0. The molecule has 0 spiro atoms. The highest BCUT2D eigenvalue weighted by molar-refractivity contribution is 5.92. The highest BCUT2D eigenvalue weighted by Gasteiger charge is 2.54. The number of rotatable bonds is 5. The monoisotopic (exact) mass is 412 g/mol. The number of morpholine rings is 1. The van der Waals surface area contributed by atoms with Crippen molar-refractivity contribution < 1.29 is 19.1 Å². The molecule has 2 atom stereocenters. The molecule has 4 aliphatic carbocycles. The molecule has 0 N–H and O–H groups in total. The topological polar surface area (TPSA) is 68.7 Å². The van der Waals surface area contributed by atoms with Gasteiger partial charge in [-0.05, 0) is 82.3 Å². The maximum atomic E-state index is 13.1. The van der Waals surface area contributed by atoms with Crippen LogP contribution in [0.15, 0.2) is 18.3 Å². The molecular weight excluding hydrogens is 380 g/mol. The number of esters is 1. The molecule has 4 bridgehead atoms. The number of Topliss-reactive ketones (excluding diaryl/α,β-unsaturated/α-hetero) is 1. The summed E-state index contributed by atoms with van der Waals surface area (Å²) >= 11 is 0. The van der Waals surface area contributed by atoms with E-state index in [0.717, 1.165) is 38.0 Å². The molecule has 6 rings (SSSR count). The van der Waals surface area contributed by atoms with Crippen molar-refractivity contribution in [2.24, 2.45) is 23.2 Å². The number of hydrogen-bond donors (Lipinski definition) is 0. The first-order valence-electron chi connectivity index (χ1n) is 11.5. The SMILES string of the molecule is C[C@@H]1CN(c2ccnc(C(=O)OCC(=O)C34CC5CC(CC(C5)C3)C4)c2)C[C@H](C)O1. The molecule has 4 saturated carbocycles. The van der Waals surface area contributed by atoms with Gasteiger partial charge < -0.3 is 14.4 Å². The van der Waals surface area contributed by atoms with E-state index in [1.165, 1.54) is 19.3 Å². The Labute approximate surface area is 178 Å². The number of ketones is 1. The Balaban J connectivity index is 1.22. The van der Waals surface area contributed by atoms with Crippen molar-refractivity contribution in [3.8, 4) is 0 Å². The molecule has 1 aliphatic heterocycles. The fourth-order valence-electron chi connectivity index (χ4n) is 6.93. The van der Waals surface area contributed by atoms with Crippen molar-refractivity contribution in [2.45, 2.75) is 64.6 Å². The van der Waals surface area contributed by atoms with Gasteiger partial charge in [-0.3, -0.25) is 4.79 Å². The van der Waals surface area contributed by atoms with E-state index in [4.69, 9.17) is 9.47 Å². The van der Waals surface area contributed by atoms with Gasteiger partial charge in [0, 0.05) is 30.4 Å². The molecule has 1 saturated heterocycles. The Morgan fingerprint density at radius 2 is 1.70 bits per heavy atom. The lowest BCUT2D eigenvalue weighted by Gasteiger charge is -2.55. The van der Waals surface area contributed by atoms with Crippen LogP contribution in [0, 0.1) is 23.2 Å². The molecule has 0 aromatic carbocycles. The first-order valence-corrected chi connectivity index (χ1v) is 11.5. The second-order valence-electron chi connectivity index (χ2n) is 10.3. The molecule has 1 aromatic rings. The van der Waals surface area contributed by atoms with Crippen LogP contribution in [0.3, 0.4) is 0 Å². The number of hydrogen-bond acceptors (Lipinski definition) is 6. The first kappa shape index (κ1) is 20.0. The van der Waals surface area contributed by atoms with Gasteiger partial charge in [-0.2, -0.15) is 0 Å². The van der Waals surface area contributed by atoms with Gasteiger partial charge >= 0.3 is 5.97 Å². The Hall–Kier alpha value is -1.95. The molecule has 2 heterocycles. The minimum atomic E-state index is -0.510. The summed E-state index contributed by atoms with van der Waals surface area (Å²) in [5, 5.41) is 0. The van der Waals surface area contributed by atoms with Gasteiger partial charge in [0.1, 0.15) is 5.69 Å². The second-order valence-corrected chi connectivity index (χ2v) is 10.3. The average molecular weight is 413 g/mol. The predicted octanol–water partition coefficient (Wildman–Crippen LogP) is 3.64. The van der Waals surface area contributed by atoms with E-state index < -0.39 is 5.97 Å². The lowest BCUT2D eigenvalue weighted by Crippen LogP contribution is -2.51. The third-order valence-corrected chi connectivity index (χ3v) is 7.70. The number of anilines is 1. The maximum absolute atomic E-state index is 13.1. The van der Waals surface area contributed by atoms with Gasteiger partial charge in [-0.1, -0.05) is 0 Å². The van der Waals surface area contributed by atoms with Crippen LogP contribution in [0.2, 0.25) is 0 Å². The summed E-state index contributed by atoms with van der Waals surface area (Å²) in [4.78, 5) is 32.2. The summed E-state index contributed by atoms with van der Waals surface area (Å²) in [6.45, 7) is 5.52. The minimum absolute atomic E-state index is 0.122. The second kappa shape index (κ2) is 7.63. The Morgan fingerprint density at radius 1 is 1.10 bits per heavy atom. The summed E-state index contributed by atoms with van der Waals surface area (Å²) in [5.74, 6) is 1.72. The largest absolute Gasteiger partial charge is 0.453 e. The fourth-order valence-corrected chi connectivity index (χ4v) is 6.93. The number of pyridine rings is 1. The average Bonchev–Trinajstić information content (AvgIpc) is 2.70. The normalized spacial score (nSPS) is 37.3. The molecule has 0 unspecified atom stereocenters. The van der Waals surface area contributed by atoms with Gasteiger partial charge in [-0.15, -0.1) is 0 Å². The van der Waals surface area contributed by atoms with E-state index in [9.17, 15) is 9.59 Å². The van der Waals surface area contributed by atoms with Crippen LogP contribution in [-0.2, 0) is 14.3 Å². The number of aromatic nitrogens is 1. The number of carbonyl (C=O) groups excluding carboxylic acids is 2. The molecule has 1 aromatic heterocycles. The quantitative estimate of drug-likeness (QED) is 0.688. The molecule has 162 valence electrons. The summed E-state index contributed by atoms with van der Waals surface area (Å²) in [6, 6.07) is 3.67. The van der Waals surface area contributed by atoms with Crippen molar-refractivity contribution >= 4 is 17.4 Å². The zero-order valence-electron chi connectivity index (χ0n) is 18.0. The van der Waals surface area contributed by atoms with Crippen molar-refractivity contribution in [3.63, 3.8) is 0 Å². The highest BCUT2D eigenvalue weighted by Crippen LogP contribution is 2.60. The van der Waals surface area contributed by atoms with Crippen LogP contribution in [-0.4, -0.2) is 48.6 Å². The smallest absolute Gasteiger partial charge is 0.357 e. The third-order valence-electron chi connectivity index (χ3n) is 7.70. The van der Waals surface area contributed by atoms with Crippen molar-refractivity contribution in [1.29, 1.82) is 0 Å². The van der Waals surface area contributed by atoms with E-state index in [2.05, 4.69) is 23.7 Å². The Kier molecular flexibility index (Phi) is 5.08. The van der Waals surface area contributed by atoms with Crippen LogP contribution in [0.1, 0.15) is 62.9 Å². The maximum Gasteiger partial charge on any atom is 0.357 e. The fraction of sp³-hybridized carbons (Fsp3) is 0.708. The molecule has 0 amide bonds. The number of ether oxygens (including phenoxy) is 2. The van der Waals surface area contributed by atoms with Crippen LogP contribution in [0.25, 0.3) is 0 Å². The molecule has 0 radical (unpaired) electrons. The standard InChI is InChI=1S/C24H32N2O4/c1-15-12-26(13-16(2)30-15)20-3-4-25-21(8-20)23(28)29-14-22(27)24-9-17-5-18(10-24)7-19(6-17)11-24/h3-4,8,15-19H,5-7,9-14H2,1-2H3/t15-,16+,17?,18?,19?,24?. The number of nitrogens with zero attached hydrogens (tertiary/aromatic N) is 2. The number of carbonyl (C=O) groups is 2. The van der Waals surface area contributed by atoms with E-state index >= 15 is 0 Å². The zero-order chi connectivity index (χ0) is 20.9. The lowest BCUT2D eigenvalue weighted by atomic mass is 9.48. The van der Waals surface area contributed by atoms with Crippen LogP contribution in [0.5, 0.6) is 0 Å². The van der Waals surface area contributed by atoms with E-state index in [1.807, 2.05) is 6.07 Å². The summed E-state index contributed by atoms with van der Waals surface area (Å²) < 4.78 is 11.3. The van der Waals surface area contributed by atoms with Crippen LogP contribution < -0.4 is 4.90 Å². The predicted molar refractivity (Wildman–Crippen MR) is 112 cm³/mol. The third kappa shape index (κ3) is 3.75. The van der Waals surface area contributed by atoms with Crippen molar-refractivity contribution in [3.05, 3.63) is 24.0 Å². The molecular formula is C24H32N2O4. The molecule has 6 heteroatoms.